The van der Waals surface area contributed by atoms with Gasteiger partial charge in [-0.05, 0) is 24.6 Å². The number of nitrogens with one attached hydrogen (secondary N) is 1. The molecule has 0 saturated carbocycles. The molecule has 0 saturated heterocycles. The molecule has 1 aromatic rings. The first-order valence-electron chi connectivity index (χ1n) is 5.05. The highest BCUT2D eigenvalue weighted by molar-refractivity contribution is 9.10. The molecule has 4 nitrogen and oxygen atoms in total. The lowest BCUT2D eigenvalue weighted by molar-refractivity contribution is 0.0916. The minimum Gasteiger partial charge on any atom is -0.398 e. The van der Waals surface area contributed by atoms with E-state index in [2.05, 4.69) is 21.2 Å². The van der Waals surface area contributed by atoms with Gasteiger partial charge in [0.1, 0.15) is 0 Å². The van der Waals surface area contributed by atoms with Crippen molar-refractivity contribution in [2.45, 2.75) is 19.4 Å². The molecule has 0 aromatic heterocycles. The van der Waals surface area contributed by atoms with Crippen LogP contribution in [0, 0.1) is 0 Å². The van der Waals surface area contributed by atoms with Crippen molar-refractivity contribution in [3.63, 3.8) is 0 Å². The third kappa shape index (κ3) is 3.21. The number of hydrogen-bond donors (Lipinski definition) is 3. The molecule has 0 aliphatic carbocycles. The maximum atomic E-state index is 11.8. The van der Waals surface area contributed by atoms with E-state index >= 15 is 0 Å². The fourth-order valence-electron chi connectivity index (χ4n) is 1.28. The molecule has 0 radical (unpaired) electrons. The highest BCUT2D eigenvalue weighted by Gasteiger charge is 2.13. The summed E-state index contributed by atoms with van der Waals surface area (Å²) in [5.74, 6) is -0.258. The van der Waals surface area contributed by atoms with Gasteiger partial charge in [0, 0.05) is 10.2 Å². The molecule has 0 spiro atoms. The number of aliphatic hydroxyl groups excluding tert-OH is 1. The van der Waals surface area contributed by atoms with Gasteiger partial charge in [-0.2, -0.15) is 0 Å². The number of halogens is 1. The van der Waals surface area contributed by atoms with Gasteiger partial charge in [-0.25, -0.2) is 0 Å². The number of nitrogen functional groups attached to an aromatic ring is 1. The van der Waals surface area contributed by atoms with Gasteiger partial charge < -0.3 is 16.2 Å². The Balaban J connectivity index is 2.80. The quantitative estimate of drug-likeness (QED) is 0.735. The molecule has 0 fully saturated rings. The standard InChI is InChI=1S/C11H15BrN2O2/c1-2-8(6-15)14-11(16)9-4-3-7(12)5-10(9)13/h3-5,8,15H,2,6,13H2,1H3,(H,14,16). The molecule has 0 bridgehead atoms. The van der Waals surface area contributed by atoms with E-state index in [0.29, 0.717) is 17.7 Å². The Hall–Kier alpha value is -1.07. The Labute approximate surface area is 103 Å². The number of rotatable bonds is 4. The van der Waals surface area contributed by atoms with E-state index in [4.69, 9.17) is 10.8 Å². The van der Waals surface area contributed by atoms with Crippen molar-refractivity contribution in [1.82, 2.24) is 5.32 Å². The normalized spacial score (nSPS) is 12.2. The van der Waals surface area contributed by atoms with Crippen LogP contribution in [0.1, 0.15) is 23.7 Å². The van der Waals surface area contributed by atoms with Gasteiger partial charge in [0.15, 0.2) is 0 Å². The largest absolute Gasteiger partial charge is 0.398 e. The summed E-state index contributed by atoms with van der Waals surface area (Å²) in [7, 11) is 0. The molecule has 1 unspecified atom stereocenters. The Bertz CT molecular complexity index is 378. The van der Waals surface area contributed by atoms with Gasteiger partial charge in [0.25, 0.3) is 5.91 Å². The monoisotopic (exact) mass is 286 g/mol. The van der Waals surface area contributed by atoms with Crippen molar-refractivity contribution in [2.75, 3.05) is 12.3 Å². The highest BCUT2D eigenvalue weighted by Crippen LogP contribution is 2.18. The number of benzene rings is 1. The van der Waals surface area contributed by atoms with Crippen molar-refractivity contribution in [1.29, 1.82) is 0 Å². The lowest BCUT2D eigenvalue weighted by Gasteiger charge is -2.14. The summed E-state index contributed by atoms with van der Waals surface area (Å²) < 4.78 is 0.829. The van der Waals surface area contributed by atoms with Gasteiger partial charge in [-0.1, -0.05) is 22.9 Å². The third-order valence-corrected chi connectivity index (χ3v) is 2.80. The van der Waals surface area contributed by atoms with Gasteiger partial charge in [-0.15, -0.1) is 0 Å². The summed E-state index contributed by atoms with van der Waals surface area (Å²) in [6.07, 6.45) is 0.679. The van der Waals surface area contributed by atoms with Crippen LogP contribution in [0.2, 0.25) is 0 Å². The highest BCUT2D eigenvalue weighted by atomic mass is 79.9. The zero-order valence-corrected chi connectivity index (χ0v) is 10.6. The van der Waals surface area contributed by atoms with Crippen molar-refractivity contribution < 1.29 is 9.90 Å². The topological polar surface area (TPSA) is 75.3 Å². The van der Waals surface area contributed by atoms with Gasteiger partial charge in [0.2, 0.25) is 0 Å². The van der Waals surface area contributed by atoms with Crippen LogP contribution in [-0.2, 0) is 0 Å². The second-order valence-electron chi connectivity index (χ2n) is 3.49. The second kappa shape index (κ2) is 5.86. The molecule has 0 heterocycles. The molecule has 1 amide bonds. The molecule has 1 aromatic carbocycles. The Kier molecular flexibility index (Phi) is 4.76. The molecule has 0 aliphatic rings. The van der Waals surface area contributed by atoms with E-state index in [9.17, 15) is 4.79 Å². The third-order valence-electron chi connectivity index (χ3n) is 2.31. The van der Waals surface area contributed by atoms with Crippen LogP contribution < -0.4 is 11.1 Å². The summed E-state index contributed by atoms with van der Waals surface area (Å²) in [6, 6.07) is 4.86. The van der Waals surface area contributed by atoms with E-state index < -0.39 is 0 Å². The SMILES string of the molecule is CCC(CO)NC(=O)c1ccc(Br)cc1N. The number of nitrogens with two attached hydrogens (primary N) is 1. The van der Waals surface area contributed by atoms with Gasteiger partial charge in [0.05, 0.1) is 18.2 Å². The van der Waals surface area contributed by atoms with Crippen LogP contribution in [0.15, 0.2) is 22.7 Å². The number of anilines is 1. The van der Waals surface area contributed by atoms with Crippen molar-refractivity contribution in [3.05, 3.63) is 28.2 Å². The second-order valence-corrected chi connectivity index (χ2v) is 4.41. The van der Waals surface area contributed by atoms with Gasteiger partial charge >= 0.3 is 0 Å². The van der Waals surface area contributed by atoms with E-state index in [0.717, 1.165) is 4.47 Å². The van der Waals surface area contributed by atoms with E-state index in [1.807, 2.05) is 6.92 Å². The molecule has 88 valence electrons. The average molecular weight is 287 g/mol. The van der Waals surface area contributed by atoms with Gasteiger partial charge in [-0.3, -0.25) is 4.79 Å². The maximum absolute atomic E-state index is 11.8. The van der Waals surface area contributed by atoms with E-state index in [1.165, 1.54) is 0 Å². The zero-order valence-electron chi connectivity index (χ0n) is 9.03. The first kappa shape index (κ1) is 13.0. The predicted molar refractivity (Wildman–Crippen MR) is 67.2 cm³/mol. The summed E-state index contributed by atoms with van der Waals surface area (Å²) >= 11 is 3.27. The molecule has 4 N–H and O–H groups in total. The molecule has 0 aliphatic heterocycles. The van der Waals surface area contributed by atoms with Crippen LogP contribution in [-0.4, -0.2) is 23.7 Å². The lowest BCUT2D eigenvalue weighted by atomic mass is 10.1. The predicted octanol–water partition coefficient (Wildman–Crippen LogP) is 1.53. The first-order valence-corrected chi connectivity index (χ1v) is 5.84. The minimum absolute atomic E-state index is 0.0708. The number of carbonyl (C=O) groups excluding carboxylic acids is 1. The van der Waals surface area contributed by atoms with Crippen LogP contribution in [0.25, 0.3) is 0 Å². The maximum Gasteiger partial charge on any atom is 0.253 e. The smallest absolute Gasteiger partial charge is 0.253 e. The first-order chi connectivity index (χ1) is 7.58. The van der Waals surface area contributed by atoms with E-state index in [1.54, 1.807) is 18.2 Å². The lowest BCUT2D eigenvalue weighted by Crippen LogP contribution is -2.37. The number of aliphatic hydroxyl groups is 1. The zero-order chi connectivity index (χ0) is 12.1. The fourth-order valence-corrected chi connectivity index (χ4v) is 1.66. The Morgan fingerprint density at radius 2 is 2.31 bits per heavy atom. The Morgan fingerprint density at radius 3 is 2.81 bits per heavy atom. The molecule has 1 rings (SSSR count). The fraction of sp³-hybridized carbons (Fsp3) is 0.364. The summed E-state index contributed by atoms with van der Waals surface area (Å²) in [4.78, 5) is 11.8. The molecular weight excluding hydrogens is 272 g/mol. The molecule has 5 heteroatoms. The minimum atomic E-state index is -0.258. The average Bonchev–Trinajstić information content (AvgIpc) is 2.25. The number of amides is 1. The van der Waals surface area contributed by atoms with Crippen LogP contribution >= 0.6 is 15.9 Å². The summed E-state index contributed by atoms with van der Waals surface area (Å²) in [5.41, 5.74) is 6.57. The Morgan fingerprint density at radius 1 is 1.62 bits per heavy atom. The number of hydrogen-bond acceptors (Lipinski definition) is 3. The summed E-state index contributed by atoms with van der Waals surface area (Å²) in [6.45, 7) is 1.82. The van der Waals surface area contributed by atoms with Crippen LogP contribution in [0.3, 0.4) is 0 Å². The van der Waals surface area contributed by atoms with E-state index in [-0.39, 0.29) is 18.6 Å². The van der Waals surface area contributed by atoms with Crippen LogP contribution in [0.4, 0.5) is 5.69 Å². The molecule has 16 heavy (non-hydrogen) atoms. The molecule has 1 atom stereocenters. The number of carbonyl (C=O) groups is 1. The van der Waals surface area contributed by atoms with Crippen molar-refractivity contribution in [2.24, 2.45) is 0 Å². The molecular formula is C11H15BrN2O2. The van der Waals surface area contributed by atoms with Crippen LogP contribution in [0.5, 0.6) is 0 Å². The van der Waals surface area contributed by atoms with Crippen molar-refractivity contribution in [3.8, 4) is 0 Å². The summed E-state index contributed by atoms with van der Waals surface area (Å²) in [5, 5.41) is 11.7. The van der Waals surface area contributed by atoms with Crippen molar-refractivity contribution >= 4 is 27.5 Å².